The van der Waals surface area contributed by atoms with Crippen LogP contribution in [0.15, 0.2) is 116 Å². The van der Waals surface area contributed by atoms with E-state index in [4.69, 9.17) is 9.72 Å². The second kappa shape index (κ2) is 12.4. The first-order chi connectivity index (χ1) is 24.2. The Balaban J connectivity index is 0.00000374. The van der Waals surface area contributed by atoms with Gasteiger partial charge in [0.25, 0.3) is 0 Å². The van der Waals surface area contributed by atoms with E-state index in [9.17, 15) is 0 Å². The summed E-state index contributed by atoms with van der Waals surface area (Å²) in [6.45, 7) is 10.9. The first-order valence-corrected chi connectivity index (χ1v) is 16.8. The van der Waals surface area contributed by atoms with Gasteiger partial charge in [0.1, 0.15) is 5.82 Å². The van der Waals surface area contributed by atoms with Gasteiger partial charge in [0.2, 0.25) is 0 Å². The van der Waals surface area contributed by atoms with Gasteiger partial charge in [-0.1, -0.05) is 80.9 Å². The monoisotopic (exact) mass is 845 g/mol. The van der Waals surface area contributed by atoms with Crippen molar-refractivity contribution in [3.05, 3.63) is 144 Å². The zero-order valence-corrected chi connectivity index (χ0v) is 31.1. The molecule has 4 aromatic heterocycles. The normalized spacial score (nSPS) is 11.9. The van der Waals surface area contributed by atoms with E-state index in [0.717, 1.165) is 38.9 Å². The van der Waals surface area contributed by atoms with Gasteiger partial charge in [-0.25, -0.2) is 4.98 Å². The Morgan fingerprint density at radius 1 is 0.627 bits per heavy atom. The van der Waals surface area contributed by atoms with Crippen LogP contribution in [0.2, 0.25) is 0 Å². The van der Waals surface area contributed by atoms with Crippen LogP contribution in [0.5, 0.6) is 11.5 Å². The predicted octanol–water partition coefficient (Wildman–Crippen LogP) is 10.2. The second-order valence-electron chi connectivity index (χ2n) is 13.9. The molecule has 0 N–H and O–H groups in total. The number of pyridine rings is 1. The van der Waals surface area contributed by atoms with Crippen molar-refractivity contribution in [1.29, 1.82) is 0 Å². The van der Waals surface area contributed by atoms with Crippen LogP contribution in [0.1, 0.15) is 37.5 Å². The molecule has 0 fully saturated rings. The Bertz CT molecular complexity index is 2690. The smallest absolute Gasteiger partial charge is 0.509 e. The predicted molar refractivity (Wildman–Crippen MR) is 200 cm³/mol. The number of aryl methyl sites for hydroxylation is 2. The number of hydrogen-bond acceptors (Lipinski definition) is 4. The summed E-state index contributed by atoms with van der Waals surface area (Å²) in [6, 6.07) is 40.9. The van der Waals surface area contributed by atoms with Gasteiger partial charge in [0.05, 0.1) is 29.1 Å². The summed E-state index contributed by atoms with van der Waals surface area (Å²) >= 11 is 0. The van der Waals surface area contributed by atoms with Crippen LogP contribution in [-0.2, 0) is 26.5 Å². The fourth-order valence-corrected chi connectivity index (χ4v) is 7.14. The van der Waals surface area contributed by atoms with E-state index in [1.54, 1.807) is 17.2 Å². The van der Waals surface area contributed by atoms with Crippen molar-refractivity contribution in [2.24, 2.45) is 0 Å². The first-order valence-electron chi connectivity index (χ1n) is 16.8. The zero-order valence-electron chi connectivity index (χ0n) is 28.9. The summed E-state index contributed by atoms with van der Waals surface area (Å²) < 4.78 is 11.1. The minimum Gasteiger partial charge on any atom is -0.509 e. The van der Waals surface area contributed by atoms with Crippen molar-refractivity contribution < 1.29 is 25.8 Å². The topological polar surface area (TPSA) is 62.7 Å². The Kier molecular flexibility index (Phi) is 7.92. The fourth-order valence-electron chi connectivity index (χ4n) is 7.14. The molecule has 0 unspecified atom stereocenters. The molecule has 5 aromatic carbocycles. The van der Waals surface area contributed by atoms with E-state index in [1.807, 2.05) is 18.3 Å². The molecular weight excluding hydrogens is 812 g/mol. The molecule has 9 rings (SSSR count). The van der Waals surface area contributed by atoms with Gasteiger partial charge in [0.15, 0.2) is 0 Å². The molecule has 0 aliphatic carbocycles. The number of para-hydroxylation sites is 3. The van der Waals surface area contributed by atoms with Gasteiger partial charge in [0, 0.05) is 40.1 Å². The van der Waals surface area contributed by atoms with Crippen LogP contribution >= 0.6 is 0 Å². The summed E-state index contributed by atoms with van der Waals surface area (Å²) in [7, 11) is 0. The molecule has 0 saturated carbocycles. The number of rotatable bonds is 5. The van der Waals surface area contributed by atoms with Gasteiger partial charge < -0.3 is 13.9 Å². The molecule has 0 bridgehead atoms. The van der Waals surface area contributed by atoms with Crippen LogP contribution in [0, 0.1) is 26.0 Å². The van der Waals surface area contributed by atoms with Crippen molar-refractivity contribution in [1.82, 2.24) is 29.1 Å². The van der Waals surface area contributed by atoms with Crippen LogP contribution in [-0.4, -0.2) is 29.1 Å². The molecule has 7 nitrogen and oxygen atoms in total. The van der Waals surface area contributed by atoms with Crippen molar-refractivity contribution in [3.63, 3.8) is 0 Å². The average molecular weight is 846 g/mol. The largest absolute Gasteiger partial charge is 2.00 e. The third-order valence-corrected chi connectivity index (χ3v) is 9.54. The van der Waals surface area contributed by atoms with Crippen molar-refractivity contribution in [2.75, 3.05) is 0 Å². The number of fused-ring (bicyclic) bond motifs is 6. The molecule has 0 spiro atoms. The minimum atomic E-state index is -0.126. The summed E-state index contributed by atoms with van der Waals surface area (Å²) in [5.74, 6) is 1.95. The number of ether oxygens (including phenoxy) is 1. The van der Waals surface area contributed by atoms with E-state index in [2.05, 4.69) is 151 Å². The number of hydrogen-bond donors (Lipinski definition) is 0. The molecule has 0 saturated heterocycles. The molecule has 0 amide bonds. The quantitative estimate of drug-likeness (QED) is 0.162. The maximum atomic E-state index is 6.54. The zero-order chi connectivity index (χ0) is 34.1. The van der Waals surface area contributed by atoms with Crippen LogP contribution in [0.25, 0.3) is 60.8 Å². The summed E-state index contributed by atoms with van der Waals surface area (Å²) in [6.07, 6.45) is 5.22. The van der Waals surface area contributed by atoms with Crippen molar-refractivity contribution >= 4 is 43.6 Å². The van der Waals surface area contributed by atoms with E-state index in [1.165, 1.54) is 32.9 Å². The number of aromatic nitrogens is 6. The number of nitrogens with zero attached hydrogens (tertiary/aromatic N) is 6. The Hall–Kier alpha value is -5.52. The standard InChI is InChI=1S/C43H34N6O.Pt/c1-27-10-8-13-36-37-14-9-11-28(2)42(37)47(41(27)36)30-18-19-44-40(25-30)48-38-15-7-6-12-34(38)35-17-16-32(26-39(35)48)50-33-23-29(43(3,4)5)22-31(24-33)49-45-20-21-46-49;/h6-23,25H,1-5H3;/q-2;+2. The molecule has 51 heavy (non-hydrogen) atoms. The van der Waals surface area contributed by atoms with Gasteiger partial charge in [-0.15, -0.1) is 41.3 Å². The third kappa shape index (κ3) is 5.44. The first kappa shape index (κ1) is 32.7. The van der Waals surface area contributed by atoms with Crippen molar-refractivity contribution in [2.45, 2.75) is 40.0 Å². The van der Waals surface area contributed by atoms with Crippen LogP contribution in [0.4, 0.5) is 0 Å². The van der Waals surface area contributed by atoms with E-state index >= 15 is 0 Å². The summed E-state index contributed by atoms with van der Waals surface area (Å²) in [5, 5.41) is 13.3. The SMILES string of the molecule is Cc1cccc2c3cccc(C)c3n(-c3ccnc(-n4c5[c-]c(Oc6[c-]c(-n7nccn7)cc(C(C)(C)C)c6)ccc5c5ccccc54)c3)c12.[Pt+2]. The van der Waals surface area contributed by atoms with E-state index in [0.29, 0.717) is 17.2 Å². The van der Waals surface area contributed by atoms with Crippen molar-refractivity contribution in [3.8, 4) is 28.7 Å². The van der Waals surface area contributed by atoms with Crippen LogP contribution < -0.4 is 4.74 Å². The molecule has 0 radical (unpaired) electrons. The molecule has 252 valence electrons. The van der Waals surface area contributed by atoms with Crippen LogP contribution in [0.3, 0.4) is 0 Å². The third-order valence-electron chi connectivity index (χ3n) is 9.54. The molecule has 4 heterocycles. The van der Waals surface area contributed by atoms with Gasteiger partial charge in [-0.2, -0.15) is 21.1 Å². The van der Waals surface area contributed by atoms with E-state index in [-0.39, 0.29) is 26.5 Å². The summed E-state index contributed by atoms with van der Waals surface area (Å²) in [4.78, 5) is 6.52. The van der Waals surface area contributed by atoms with Gasteiger partial charge >= 0.3 is 21.1 Å². The van der Waals surface area contributed by atoms with Gasteiger partial charge in [-0.05, 0) is 53.6 Å². The number of benzene rings is 5. The average Bonchev–Trinajstić information content (AvgIpc) is 3.84. The minimum absolute atomic E-state index is 0. The molecule has 0 aliphatic heterocycles. The Morgan fingerprint density at radius 3 is 2.02 bits per heavy atom. The van der Waals surface area contributed by atoms with Gasteiger partial charge in [-0.3, -0.25) is 0 Å². The second-order valence-corrected chi connectivity index (χ2v) is 13.9. The summed E-state index contributed by atoms with van der Waals surface area (Å²) in [5.41, 5.74) is 9.50. The fraction of sp³-hybridized carbons (Fsp3) is 0.140. The maximum Gasteiger partial charge on any atom is 2.00 e. The Morgan fingerprint density at radius 2 is 1.31 bits per heavy atom. The molecule has 9 aromatic rings. The molecular formula is C43H34N6OPt. The molecule has 0 atom stereocenters. The molecule has 0 aliphatic rings. The maximum absolute atomic E-state index is 6.54. The van der Waals surface area contributed by atoms with E-state index < -0.39 is 0 Å². The molecule has 8 heteroatoms. The Labute approximate surface area is 310 Å².